The van der Waals surface area contributed by atoms with Crippen LogP contribution in [0.15, 0.2) is 30.3 Å². The first kappa shape index (κ1) is 14.8. The van der Waals surface area contributed by atoms with Crippen molar-refractivity contribution in [3.05, 3.63) is 35.9 Å². The monoisotopic (exact) mass is 273 g/mol. The lowest BCUT2D eigenvalue weighted by atomic mass is 9.83. The van der Waals surface area contributed by atoms with Gasteiger partial charge in [0, 0.05) is 13.0 Å². The normalized spacial score (nSPS) is 20.5. The second-order valence-corrected chi connectivity index (χ2v) is 5.47. The number of hydrogen-bond donors (Lipinski definition) is 0. The van der Waals surface area contributed by atoms with Gasteiger partial charge in [0.15, 0.2) is 0 Å². The maximum absolute atomic E-state index is 12.5. The summed E-state index contributed by atoms with van der Waals surface area (Å²) in [6.07, 6.45) is 3.15. The second kappa shape index (κ2) is 6.69. The van der Waals surface area contributed by atoms with Gasteiger partial charge in [-0.2, -0.15) is 0 Å². The van der Waals surface area contributed by atoms with Crippen LogP contribution in [0.2, 0.25) is 0 Å². The maximum Gasteiger partial charge on any atom is 0.233 e. The highest BCUT2D eigenvalue weighted by Gasteiger charge is 2.42. The number of rotatable bonds is 6. The van der Waals surface area contributed by atoms with Crippen LogP contribution in [-0.4, -0.2) is 23.3 Å². The Bertz CT molecular complexity index is 469. The van der Waals surface area contributed by atoms with E-state index in [-0.39, 0.29) is 23.7 Å². The van der Waals surface area contributed by atoms with Crippen LogP contribution in [0.5, 0.6) is 0 Å². The van der Waals surface area contributed by atoms with Gasteiger partial charge in [-0.15, -0.1) is 0 Å². The molecule has 0 radical (unpaired) electrons. The van der Waals surface area contributed by atoms with Crippen molar-refractivity contribution in [3.63, 3.8) is 0 Å². The lowest BCUT2D eigenvalue weighted by Gasteiger charge is -2.21. The largest absolute Gasteiger partial charge is 0.282 e. The zero-order chi connectivity index (χ0) is 14.5. The molecular weight excluding hydrogens is 250 g/mol. The lowest BCUT2D eigenvalue weighted by molar-refractivity contribution is -0.139. The van der Waals surface area contributed by atoms with Crippen molar-refractivity contribution >= 4 is 11.8 Å². The van der Waals surface area contributed by atoms with Gasteiger partial charge < -0.3 is 0 Å². The molecule has 2 rings (SSSR count). The molecule has 1 aromatic carbocycles. The Labute approximate surface area is 121 Å². The summed E-state index contributed by atoms with van der Waals surface area (Å²) in [6, 6.07) is 10.1. The molecule has 2 atom stereocenters. The van der Waals surface area contributed by atoms with Gasteiger partial charge in [0.05, 0.1) is 5.92 Å². The van der Waals surface area contributed by atoms with E-state index in [4.69, 9.17) is 0 Å². The van der Waals surface area contributed by atoms with Crippen LogP contribution in [0.3, 0.4) is 0 Å². The van der Waals surface area contributed by atoms with E-state index >= 15 is 0 Å². The van der Waals surface area contributed by atoms with E-state index in [0.717, 1.165) is 19.3 Å². The van der Waals surface area contributed by atoms with Crippen molar-refractivity contribution in [2.24, 2.45) is 5.92 Å². The molecule has 0 saturated carbocycles. The smallest absolute Gasteiger partial charge is 0.233 e. The molecule has 0 N–H and O–H groups in total. The van der Waals surface area contributed by atoms with Crippen LogP contribution in [0.25, 0.3) is 0 Å². The van der Waals surface area contributed by atoms with Gasteiger partial charge in [-0.1, -0.05) is 50.6 Å². The van der Waals surface area contributed by atoms with Gasteiger partial charge in [-0.3, -0.25) is 14.5 Å². The highest BCUT2D eigenvalue weighted by Crippen LogP contribution is 2.35. The number of benzene rings is 1. The zero-order valence-electron chi connectivity index (χ0n) is 12.3. The van der Waals surface area contributed by atoms with Gasteiger partial charge in [0.2, 0.25) is 11.8 Å². The van der Waals surface area contributed by atoms with E-state index in [9.17, 15) is 9.59 Å². The molecule has 1 aliphatic rings. The van der Waals surface area contributed by atoms with Crippen LogP contribution >= 0.6 is 0 Å². The first-order chi connectivity index (χ1) is 9.69. The first-order valence-corrected chi connectivity index (χ1v) is 7.58. The van der Waals surface area contributed by atoms with E-state index in [1.807, 2.05) is 18.2 Å². The summed E-state index contributed by atoms with van der Waals surface area (Å²) in [4.78, 5) is 26.0. The molecule has 0 bridgehead atoms. The molecule has 108 valence electrons. The van der Waals surface area contributed by atoms with Crippen molar-refractivity contribution in [1.29, 1.82) is 0 Å². The van der Waals surface area contributed by atoms with Gasteiger partial charge in [-0.25, -0.2) is 0 Å². The molecule has 3 heteroatoms. The van der Waals surface area contributed by atoms with Gasteiger partial charge in [0.1, 0.15) is 0 Å². The number of carbonyl (C=O) groups is 2. The van der Waals surface area contributed by atoms with Gasteiger partial charge in [0.25, 0.3) is 0 Å². The van der Waals surface area contributed by atoms with Crippen LogP contribution in [-0.2, 0) is 9.59 Å². The van der Waals surface area contributed by atoms with Crippen molar-refractivity contribution in [2.75, 3.05) is 6.54 Å². The third-order valence-corrected chi connectivity index (χ3v) is 4.17. The van der Waals surface area contributed by atoms with Crippen LogP contribution in [0.4, 0.5) is 0 Å². The van der Waals surface area contributed by atoms with Crippen molar-refractivity contribution in [1.82, 2.24) is 4.90 Å². The fourth-order valence-electron chi connectivity index (χ4n) is 3.03. The van der Waals surface area contributed by atoms with E-state index in [0.29, 0.717) is 13.0 Å². The quantitative estimate of drug-likeness (QED) is 0.745. The number of imide groups is 1. The molecule has 0 aliphatic carbocycles. The average molecular weight is 273 g/mol. The highest BCUT2D eigenvalue weighted by atomic mass is 16.2. The standard InChI is InChI=1S/C17H23NO2/c1-3-5-11-18-16(19)12-15(17(18)20)14(4-2)13-9-7-6-8-10-13/h6-10,14-15H,3-5,11-12H2,1-2H3. The van der Waals surface area contributed by atoms with Gasteiger partial charge in [-0.05, 0) is 24.3 Å². The van der Waals surface area contributed by atoms with Crippen molar-refractivity contribution in [3.8, 4) is 0 Å². The molecule has 1 saturated heterocycles. The number of likely N-dealkylation sites (tertiary alicyclic amines) is 1. The van der Waals surface area contributed by atoms with E-state index in [2.05, 4.69) is 26.0 Å². The summed E-state index contributed by atoms with van der Waals surface area (Å²) < 4.78 is 0. The van der Waals surface area contributed by atoms with Gasteiger partial charge >= 0.3 is 0 Å². The number of amides is 2. The Balaban J connectivity index is 2.16. The summed E-state index contributed by atoms with van der Waals surface area (Å²) >= 11 is 0. The predicted octanol–water partition coefficient (Wildman–Crippen LogP) is 3.36. The number of hydrogen-bond acceptors (Lipinski definition) is 2. The Kier molecular flexibility index (Phi) is 4.94. The zero-order valence-corrected chi connectivity index (χ0v) is 12.3. The number of carbonyl (C=O) groups excluding carboxylic acids is 2. The average Bonchev–Trinajstić information content (AvgIpc) is 2.74. The van der Waals surface area contributed by atoms with Crippen LogP contribution in [0.1, 0.15) is 51.0 Å². The minimum absolute atomic E-state index is 0.00262. The summed E-state index contributed by atoms with van der Waals surface area (Å²) in [5.74, 6) is 0.00742. The lowest BCUT2D eigenvalue weighted by Crippen LogP contribution is -2.32. The molecule has 1 fully saturated rings. The SMILES string of the molecule is CCCCN1C(=O)CC(C(CC)c2ccccc2)C1=O. The fourth-order valence-corrected chi connectivity index (χ4v) is 3.03. The minimum Gasteiger partial charge on any atom is -0.282 e. The Morgan fingerprint density at radius 2 is 1.90 bits per heavy atom. The molecule has 1 aliphatic heterocycles. The Morgan fingerprint density at radius 1 is 1.20 bits per heavy atom. The Hall–Kier alpha value is -1.64. The molecule has 2 amide bonds. The minimum atomic E-state index is -0.174. The summed E-state index contributed by atoms with van der Waals surface area (Å²) in [6.45, 7) is 4.74. The van der Waals surface area contributed by atoms with Crippen LogP contribution in [0, 0.1) is 5.92 Å². The van der Waals surface area contributed by atoms with E-state index in [1.165, 1.54) is 10.5 Å². The summed E-state index contributed by atoms with van der Waals surface area (Å²) in [7, 11) is 0. The topological polar surface area (TPSA) is 37.4 Å². The maximum atomic E-state index is 12.5. The van der Waals surface area contributed by atoms with E-state index in [1.54, 1.807) is 0 Å². The van der Waals surface area contributed by atoms with E-state index < -0.39 is 0 Å². The second-order valence-electron chi connectivity index (χ2n) is 5.47. The molecule has 1 aromatic rings. The summed E-state index contributed by atoms with van der Waals surface area (Å²) in [5.41, 5.74) is 1.17. The highest BCUT2D eigenvalue weighted by molar-refractivity contribution is 6.04. The Morgan fingerprint density at radius 3 is 2.50 bits per heavy atom. The molecular formula is C17H23NO2. The third-order valence-electron chi connectivity index (χ3n) is 4.17. The number of unbranched alkanes of at least 4 members (excludes halogenated alkanes) is 1. The first-order valence-electron chi connectivity index (χ1n) is 7.58. The molecule has 0 spiro atoms. The fraction of sp³-hybridized carbons (Fsp3) is 0.529. The summed E-state index contributed by atoms with van der Waals surface area (Å²) in [5, 5.41) is 0. The molecule has 2 unspecified atom stereocenters. The molecule has 0 aromatic heterocycles. The third kappa shape index (κ3) is 2.92. The van der Waals surface area contributed by atoms with Crippen molar-refractivity contribution in [2.45, 2.75) is 45.4 Å². The molecule has 1 heterocycles. The number of nitrogens with zero attached hydrogens (tertiary/aromatic N) is 1. The van der Waals surface area contributed by atoms with Crippen molar-refractivity contribution < 1.29 is 9.59 Å². The predicted molar refractivity (Wildman–Crippen MR) is 79.2 cm³/mol. The molecule has 3 nitrogen and oxygen atoms in total. The van der Waals surface area contributed by atoms with Crippen LogP contribution < -0.4 is 0 Å². The molecule has 20 heavy (non-hydrogen) atoms.